The Hall–Kier alpha value is -0.240. The van der Waals surface area contributed by atoms with Crippen molar-refractivity contribution < 1.29 is 4.74 Å². The Morgan fingerprint density at radius 1 is 1.50 bits per heavy atom. The zero-order chi connectivity index (χ0) is 7.45. The van der Waals surface area contributed by atoms with E-state index < -0.39 is 0 Å². The average molecular weight is 157 g/mol. The summed E-state index contributed by atoms with van der Waals surface area (Å²) in [5, 5.41) is 2.43. The lowest BCUT2D eigenvalue weighted by molar-refractivity contribution is 0.0605. The molecule has 0 aromatic rings. The Balaban J connectivity index is 2.56. The predicted molar refractivity (Wildman–Crippen MR) is 43.5 cm³/mol. The molecule has 0 aromatic carbocycles. The van der Waals surface area contributed by atoms with E-state index in [1.807, 2.05) is 0 Å². The van der Waals surface area contributed by atoms with Crippen LogP contribution >= 0.6 is 12.2 Å². The monoisotopic (exact) mass is 157 g/mol. The van der Waals surface area contributed by atoms with E-state index in [4.69, 9.17) is 4.74 Å². The minimum Gasteiger partial charge on any atom is -0.381 e. The van der Waals surface area contributed by atoms with E-state index in [0.717, 1.165) is 26.1 Å². The SMILES string of the molecule is CC1(N=C=S)CCOCC1. The van der Waals surface area contributed by atoms with Crippen LogP contribution in [-0.2, 0) is 4.74 Å². The minimum atomic E-state index is 0.0139. The van der Waals surface area contributed by atoms with Gasteiger partial charge in [0.1, 0.15) is 0 Å². The number of aliphatic imine (C=N–C) groups is 1. The predicted octanol–water partition coefficient (Wildman–Crippen LogP) is 1.66. The molecule has 1 fully saturated rings. The molecule has 56 valence electrons. The Bertz CT molecular complexity index is 157. The molecule has 1 heterocycles. The molecule has 1 aliphatic heterocycles. The number of isothiocyanates is 1. The van der Waals surface area contributed by atoms with Gasteiger partial charge in [0, 0.05) is 13.2 Å². The van der Waals surface area contributed by atoms with Crippen LogP contribution in [0.25, 0.3) is 0 Å². The molecule has 1 aliphatic rings. The van der Waals surface area contributed by atoms with Crippen molar-refractivity contribution in [1.29, 1.82) is 0 Å². The van der Waals surface area contributed by atoms with Gasteiger partial charge in [-0.3, -0.25) is 0 Å². The Morgan fingerprint density at radius 3 is 2.60 bits per heavy atom. The van der Waals surface area contributed by atoms with Crippen molar-refractivity contribution in [3.63, 3.8) is 0 Å². The Labute approximate surface area is 66.3 Å². The van der Waals surface area contributed by atoms with Crippen LogP contribution in [0.15, 0.2) is 4.99 Å². The summed E-state index contributed by atoms with van der Waals surface area (Å²) < 4.78 is 5.19. The topological polar surface area (TPSA) is 21.6 Å². The number of thiocarbonyl (C=S) groups is 1. The molecule has 0 N–H and O–H groups in total. The van der Waals surface area contributed by atoms with E-state index in [2.05, 4.69) is 29.3 Å². The van der Waals surface area contributed by atoms with Crippen LogP contribution in [0.4, 0.5) is 0 Å². The normalized spacial score (nSPS) is 23.3. The zero-order valence-electron chi connectivity index (χ0n) is 6.09. The van der Waals surface area contributed by atoms with Gasteiger partial charge in [-0.2, -0.15) is 0 Å². The highest BCUT2D eigenvalue weighted by atomic mass is 32.1. The molecule has 0 atom stereocenters. The maximum atomic E-state index is 5.19. The molecule has 0 saturated carbocycles. The molecule has 1 rings (SSSR count). The summed E-state index contributed by atoms with van der Waals surface area (Å²) in [6.07, 6.45) is 1.94. The third kappa shape index (κ3) is 1.87. The van der Waals surface area contributed by atoms with Crippen LogP contribution in [0.1, 0.15) is 19.8 Å². The highest BCUT2D eigenvalue weighted by molar-refractivity contribution is 7.78. The smallest absolute Gasteiger partial charge is 0.0726 e. The second-order valence-electron chi connectivity index (χ2n) is 2.81. The maximum Gasteiger partial charge on any atom is 0.0726 e. The first kappa shape index (κ1) is 7.86. The first-order valence-electron chi connectivity index (χ1n) is 3.44. The van der Waals surface area contributed by atoms with Crippen molar-refractivity contribution in [2.45, 2.75) is 25.3 Å². The fourth-order valence-electron chi connectivity index (χ4n) is 1.03. The molecule has 0 amide bonds. The number of ether oxygens (including phenoxy) is 1. The summed E-state index contributed by atoms with van der Waals surface area (Å²) in [7, 11) is 0. The second kappa shape index (κ2) is 3.24. The van der Waals surface area contributed by atoms with Gasteiger partial charge in [-0.1, -0.05) is 0 Å². The van der Waals surface area contributed by atoms with Crippen molar-refractivity contribution in [3.05, 3.63) is 0 Å². The molecule has 0 radical (unpaired) electrons. The molecular formula is C7H11NOS. The first-order valence-corrected chi connectivity index (χ1v) is 3.84. The third-order valence-corrected chi connectivity index (χ3v) is 1.98. The van der Waals surface area contributed by atoms with Crippen molar-refractivity contribution in [3.8, 4) is 0 Å². The van der Waals surface area contributed by atoms with E-state index in [0.29, 0.717) is 0 Å². The van der Waals surface area contributed by atoms with Gasteiger partial charge in [-0.05, 0) is 32.0 Å². The standard InChI is InChI=1S/C7H11NOS/c1-7(8-6-10)2-4-9-5-3-7/h2-5H2,1H3. The molecule has 0 unspecified atom stereocenters. The lowest BCUT2D eigenvalue weighted by atomic mass is 9.94. The third-order valence-electron chi connectivity index (χ3n) is 1.89. The summed E-state index contributed by atoms with van der Waals surface area (Å²) in [4.78, 5) is 4.10. The largest absolute Gasteiger partial charge is 0.381 e. The summed E-state index contributed by atoms with van der Waals surface area (Å²) >= 11 is 4.55. The van der Waals surface area contributed by atoms with Crippen LogP contribution < -0.4 is 0 Å². The van der Waals surface area contributed by atoms with Crippen LogP contribution in [-0.4, -0.2) is 23.9 Å². The summed E-state index contributed by atoms with van der Waals surface area (Å²) in [5.41, 5.74) is 0.0139. The molecule has 2 nitrogen and oxygen atoms in total. The molecule has 0 bridgehead atoms. The quantitative estimate of drug-likeness (QED) is 0.426. The van der Waals surface area contributed by atoms with Crippen LogP contribution in [0, 0.1) is 0 Å². The van der Waals surface area contributed by atoms with Gasteiger partial charge < -0.3 is 4.74 Å². The van der Waals surface area contributed by atoms with Crippen LogP contribution in [0.3, 0.4) is 0 Å². The molecule has 3 heteroatoms. The maximum absolute atomic E-state index is 5.19. The van der Waals surface area contributed by atoms with Gasteiger partial charge in [-0.15, -0.1) is 0 Å². The van der Waals surface area contributed by atoms with Gasteiger partial charge in [0.05, 0.1) is 10.7 Å². The average Bonchev–Trinajstić information content (AvgIpc) is 1.89. The fraction of sp³-hybridized carbons (Fsp3) is 0.857. The highest BCUT2D eigenvalue weighted by Crippen LogP contribution is 2.23. The van der Waals surface area contributed by atoms with Crippen LogP contribution in [0.5, 0.6) is 0 Å². The molecule has 0 aromatic heterocycles. The van der Waals surface area contributed by atoms with Crippen molar-refractivity contribution in [2.75, 3.05) is 13.2 Å². The summed E-state index contributed by atoms with van der Waals surface area (Å²) in [6, 6.07) is 0. The van der Waals surface area contributed by atoms with Crippen molar-refractivity contribution in [1.82, 2.24) is 0 Å². The first-order chi connectivity index (χ1) is 4.77. The molecule has 0 spiro atoms. The highest BCUT2D eigenvalue weighted by Gasteiger charge is 2.25. The van der Waals surface area contributed by atoms with Gasteiger partial charge in [-0.25, -0.2) is 4.99 Å². The van der Waals surface area contributed by atoms with E-state index in [-0.39, 0.29) is 5.54 Å². The molecular weight excluding hydrogens is 146 g/mol. The molecule has 1 saturated heterocycles. The van der Waals surface area contributed by atoms with E-state index in [9.17, 15) is 0 Å². The van der Waals surface area contributed by atoms with Gasteiger partial charge in [0.15, 0.2) is 0 Å². The zero-order valence-corrected chi connectivity index (χ0v) is 6.91. The lowest BCUT2D eigenvalue weighted by Crippen LogP contribution is -2.30. The number of rotatable bonds is 1. The summed E-state index contributed by atoms with van der Waals surface area (Å²) in [6.45, 7) is 3.70. The lowest BCUT2D eigenvalue weighted by Gasteiger charge is -2.27. The Kier molecular flexibility index (Phi) is 2.55. The number of hydrogen-bond donors (Lipinski definition) is 0. The van der Waals surface area contributed by atoms with E-state index >= 15 is 0 Å². The molecule has 10 heavy (non-hydrogen) atoms. The van der Waals surface area contributed by atoms with E-state index in [1.54, 1.807) is 0 Å². The number of nitrogens with zero attached hydrogens (tertiary/aromatic N) is 1. The van der Waals surface area contributed by atoms with E-state index in [1.165, 1.54) is 0 Å². The minimum absolute atomic E-state index is 0.0139. The van der Waals surface area contributed by atoms with Gasteiger partial charge >= 0.3 is 0 Å². The summed E-state index contributed by atoms with van der Waals surface area (Å²) in [5.74, 6) is 0. The van der Waals surface area contributed by atoms with Crippen molar-refractivity contribution in [2.24, 2.45) is 4.99 Å². The second-order valence-corrected chi connectivity index (χ2v) is 2.99. The van der Waals surface area contributed by atoms with Crippen LogP contribution in [0.2, 0.25) is 0 Å². The Morgan fingerprint density at radius 2 is 2.10 bits per heavy atom. The molecule has 0 aliphatic carbocycles. The van der Waals surface area contributed by atoms with Crippen molar-refractivity contribution >= 4 is 17.4 Å². The number of hydrogen-bond acceptors (Lipinski definition) is 3. The van der Waals surface area contributed by atoms with Gasteiger partial charge in [0.2, 0.25) is 0 Å². The van der Waals surface area contributed by atoms with Gasteiger partial charge in [0.25, 0.3) is 0 Å². The fourth-order valence-corrected chi connectivity index (χ4v) is 1.25.